The normalized spacial score (nSPS) is 20.5. The number of hydrogen-bond acceptors (Lipinski definition) is 6. The fraction of sp³-hybridized carbons (Fsp3) is 0.556. The molecule has 0 radical (unpaired) electrons. The molecule has 0 N–H and O–H groups in total. The van der Waals surface area contributed by atoms with E-state index >= 15 is 0 Å². The smallest absolute Gasteiger partial charge is 0.331 e. The number of carbonyl (C=O) groups excluding carboxylic acids is 4. The number of ketones is 2. The highest BCUT2D eigenvalue weighted by Gasteiger charge is 2.48. The summed E-state index contributed by atoms with van der Waals surface area (Å²) < 4.78 is 9.35. The molecule has 6 heteroatoms. The van der Waals surface area contributed by atoms with Crippen LogP contribution in [0.1, 0.15) is 20.8 Å². The number of esters is 2. The lowest BCUT2D eigenvalue weighted by Crippen LogP contribution is -2.50. The summed E-state index contributed by atoms with van der Waals surface area (Å²) in [5, 5.41) is 0. The second-order valence-corrected chi connectivity index (χ2v) is 3.60. The standard InChI is InChI=1S/C9H10O6/c1-4(10)6(11)5-7(12)14-9(2,3)15-8(5)13/h5H,1-3H3. The molecule has 1 rings (SSSR count). The second-order valence-electron chi connectivity index (χ2n) is 3.60. The highest BCUT2D eigenvalue weighted by Crippen LogP contribution is 2.23. The van der Waals surface area contributed by atoms with E-state index < -0.39 is 35.2 Å². The van der Waals surface area contributed by atoms with Crippen LogP contribution >= 0.6 is 0 Å². The Balaban J connectivity index is 2.94. The predicted molar refractivity (Wildman–Crippen MR) is 45.4 cm³/mol. The summed E-state index contributed by atoms with van der Waals surface area (Å²) >= 11 is 0. The Morgan fingerprint density at radius 3 is 1.87 bits per heavy atom. The summed E-state index contributed by atoms with van der Waals surface area (Å²) in [5.74, 6) is -7.24. The molecule has 0 aromatic rings. The monoisotopic (exact) mass is 214 g/mol. The zero-order chi connectivity index (χ0) is 11.8. The van der Waals surface area contributed by atoms with Gasteiger partial charge in [0.2, 0.25) is 11.7 Å². The lowest BCUT2D eigenvalue weighted by molar-refractivity contribution is -0.238. The van der Waals surface area contributed by atoms with Crippen LogP contribution in [0.5, 0.6) is 0 Å². The van der Waals surface area contributed by atoms with Crippen LogP contribution in [0.3, 0.4) is 0 Å². The number of cyclic esters (lactones) is 2. The number of carbonyl (C=O) groups is 4. The summed E-state index contributed by atoms with van der Waals surface area (Å²) in [6, 6.07) is 0. The summed E-state index contributed by atoms with van der Waals surface area (Å²) in [6.07, 6.45) is 0. The van der Waals surface area contributed by atoms with Gasteiger partial charge >= 0.3 is 11.9 Å². The lowest BCUT2D eigenvalue weighted by atomic mass is 10.0. The van der Waals surface area contributed by atoms with Gasteiger partial charge in [0.05, 0.1) is 0 Å². The third-order valence-corrected chi connectivity index (χ3v) is 1.77. The van der Waals surface area contributed by atoms with Crippen molar-refractivity contribution < 1.29 is 28.7 Å². The Morgan fingerprint density at radius 2 is 1.53 bits per heavy atom. The van der Waals surface area contributed by atoms with E-state index in [-0.39, 0.29) is 0 Å². The molecule has 0 aromatic heterocycles. The van der Waals surface area contributed by atoms with Gasteiger partial charge < -0.3 is 9.47 Å². The molecule has 0 spiro atoms. The first kappa shape index (κ1) is 11.4. The molecule has 0 unspecified atom stereocenters. The van der Waals surface area contributed by atoms with Crippen molar-refractivity contribution in [1.29, 1.82) is 0 Å². The average molecular weight is 214 g/mol. The van der Waals surface area contributed by atoms with E-state index in [1.54, 1.807) is 0 Å². The third-order valence-electron chi connectivity index (χ3n) is 1.77. The van der Waals surface area contributed by atoms with Crippen LogP contribution in [0.15, 0.2) is 0 Å². The fourth-order valence-electron chi connectivity index (χ4n) is 1.14. The predicted octanol–water partition coefficient (Wildman–Crippen LogP) is -0.403. The van der Waals surface area contributed by atoms with Crippen molar-refractivity contribution >= 4 is 23.5 Å². The molecule has 1 aliphatic rings. The van der Waals surface area contributed by atoms with Gasteiger partial charge in [-0.05, 0) is 0 Å². The summed E-state index contributed by atoms with van der Waals surface area (Å²) in [6.45, 7) is 3.69. The number of ether oxygens (including phenoxy) is 2. The highest BCUT2D eigenvalue weighted by atomic mass is 16.7. The Labute approximate surface area is 85.5 Å². The van der Waals surface area contributed by atoms with Crippen LogP contribution in [-0.4, -0.2) is 29.3 Å². The van der Waals surface area contributed by atoms with Crippen molar-refractivity contribution in [2.24, 2.45) is 5.92 Å². The minimum absolute atomic E-state index is 0.881. The molecular formula is C9H10O6. The Hall–Kier alpha value is -1.72. The minimum Gasteiger partial charge on any atom is -0.422 e. The summed E-state index contributed by atoms with van der Waals surface area (Å²) in [5.41, 5.74) is 0. The van der Waals surface area contributed by atoms with Gasteiger partial charge in [0.1, 0.15) is 0 Å². The van der Waals surface area contributed by atoms with E-state index in [1.165, 1.54) is 13.8 Å². The largest absolute Gasteiger partial charge is 0.422 e. The van der Waals surface area contributed by atoms with Crippen molar-refractivity contribution in [3.63, 3.8) is 0 Å². The SMILES string of the molecule is CC(=O)C(=O)C1C(=O)OC(C)(C)OC1=O. The van der Waals surface area contributed by atoms with E-state index in [4.69, 9.17) is 0 Å². The van der Waals surface area contributed by atoms with Gasteiger partial charge in [-0.2, -0.15) is 0 Å². The molecule has 1 saturated heterocycles. The van der Waals surface area contributed by atoms with Gasteiger partial charge in [-0.25, -0.2) is 0 Å². The summed E-state index contributed by atoms with van der Waals surface area (Å²) in [4.78, 5) is 44.4. The van der Waals surface area contributed by atoms with Crippen LogP contribution in [0.2, 0.25) is 0 Å². The number of Topliss-reactive ketones (excluding diaryl/α,β-unsaturated/α-hetero) is 2. The molecule has 1 fully saturated rings. The maximum absolute atomic E-state index is 11.3. The van der Waals surface area contributed by atoms with Crippen molar-refractivity contribution in [3.8, 4) is 0 Å². The van der Waals surface area contributed by atoms with Gasteiger partial charge in [-0.15, -0.1) is 0 Å². The molecule has 0 saturated carbocycles. The lowest BCUT2D eigenvalue weighted by Gasteiger charge is -2.31. The van der Waals surface area contributed by atoms with E-state index in [0.29, 0.717) is 0 Å². The van der Waals surface area contributed by atoms with Crippen LogP contribution in [0.25, 0.3) is 0 Å². The highest BCUT2D eigenvalue weighted by molar-refractivity contribution is 6.44. The number of rotatable bonds is 2. The number of hydrogen-bond donors (Lipinski definition) is 0. The van der Waals surface area contributed by atoms with Crippen LogP contribution in [-0.2, 0) is 28.7 Å². The first-order valence-electron chi connectivity index (χ1n) is 4.25. The molecule has 0 aliphatic carbocycles. The van der Waals surface area contributed by atoms with Crippen molar-refractivity contribution in [2.45, 2.75) is 26.6 Å². The zero-order valence-electron chi connectivity index (χ0n) is 8.53. The Kier molecular flexibility index (Phi) is 2.61. The maximum atomic E-state index is 11.3. The first-order chi connectivity index (χ1) is 6.74. The maximum Gasteiger partial charge on any atom is 0.331 e. The van der Waals surface area contributed by atoms with E-state index in [9.17, 15) is 19.2 Å². The molecule has 0 amide bonds. The van der Waals surface area contributed by atoms with Gasteiger partial charge in [0.15, 0.2) is 5.78 Å². The van der Waals surface area contributed by atoms with E-state index in [2.05, 4.69) is 9.47 Å². The molecule has 0 atom stereocenters. The summed E-state index contributed by atoms with van der Waals surface area (Å²) in [7, 11) is 0. The van der Waals surface area contributed by atoms with Crippen LogP contribution < -0.4 is 0 Å². The molecule has 0 bridgehead atoms. The van der Waals surface area contributed by atoms with Gasteiger partial charge in [0.25, 0.3) is 5.79 Å². The Bertz CT molecular complexity index is 334. The van der Waals surface area contributed by atoms with E-state index in [0.717, 1.165) is 6.92 Å². The molecule has 82 valence electrons. The minimum atomic E-state index is -1.77. The first-order valence-corrected chi connectivity index (χ1v) is 4.25. The van der Waals surface area contributed by atoms with Gasteiger partial charge in [-0.1, -0.05) is 0 Å². The van der Waals surface area contributed by atoms with Crippen LogP contribution in [0.4, 0.5) is 0 Å². The van der Waals surface area contributed by atoms with Crippen LogP contribution in [0, 0.1) is 5.92 Å². The molecule has 1 aliphatic heterocycles. The third kappa shape index (κ3) is 2.20. The molecule has 0 aromatic carbocycles. The van der Waals surface area contributed by atoms with Crippen molar-refractivity contribution in [1.82, 2.24) is 0 Å². The quantitative estimate of drug-likeness (QED) is 0.353. The second kappa shape index (κ2) is 3.45. The fourth-order valence-corrected chi connectivity index (χ4v) is 1.14. The molecule has 1 heterocycles. The van der Waals surface area contributed by atoms with Gasteiger partial charge in [0, 0.05) is 20.8 Å². The van der Waals surface area contributed by atoms with Crippen molar-refractivity contribution in [2.75, 3.05) is 0 Å². The Morgan fingerprint density at radius 1 is 1.13 bits per heavy atom. The molecule has 6 nitrogen and oxygen atoms in total. The van der Waals surface area contributed by atoms with E-state index in [1.807, 2.05) is 0 Å². The average Bonchev–Trinajstić information content (AvgIpc) is 1.99. The molecule has 15 heavy (non-hydrogen) atoms. The van der Waals surface area contributed by atoms with Crippen molar-refractivity contribution in [3.05, 3.63) is 0 Å². The topological polar surface area (TPSA) is 86.7 Å². The van der Waals surface area contributed by atoms with Gasteiger partial charge in [-0.3, -0.25) is 19.2 Å². The zero-order valence-corrected chi connectivity index (χ0v) is 8.53. The molecular weight excluding hydrogens is 204 g/mol.